The average molecular weight is 422 g/mol. The van der Waals surface area contributed by atoms with E-state index in [4.69, 9.17) is 5.73 Å². The number of piperidine rings is 1. The summed E-state index contributed by atoms with van der Waals surface area (Å²) in [7, 11) is 0. The van der Waals surface area contributed by atoms with Gasteiger partial charge < -0.3 is 16.0 Å². The third-order valence-electron chi connectivity index (χ3n) is 7.39. The molecule has 6 heteroatoms. The highest BCUT2D eigenvalue weighted by Gasteiger charge is 2.44. The number of carbonyl (C=O) groups excluding carboxylic acids is 1. The Kier molecular flexibility index (Phi) is 6.92. The molecular formula is C25H35N5O. The molecule has 3 fully saturated rings. The number of hydrogen-bond donors (Lipinski definition) is 2. The lowest BCUT2D eigenvalue weighted by Crippen LogP contribution is -2.42. The van der Waals surface area contributed by atoms with Crippen molar-refractivity contribution >= 4 is 17.6 Å². The van der Waals surface area contributed by atoms with Gasteiger partial charge in [-0.2, -0.15) is 10.3 Å². The van der Waals surface area contributed by atoms with Crippen LogP contribution < -0.4 is 11.1 Å². The Bertz CT molecular complexity index is 830. The molecule has 1 unspecified atom stereocenters. The summed E-state index contributed by atoms with van der Waals surface area (Å²) in [5, 5.41) is 12.1. The van der Waals surface area contributed by atoms with Crippen LogP contribution in [0.3, 0.4) is 0 Å². The van der Waals surface area contributed by atoms with Crippen LogP contribution in [0.5, 0.6) is 0 Å². The highest BCUT2D eigenvalue weighted by Crippen LogP contribution is 2.47. The third-order valence-corrected chi connectivity index (χ3v) is 7.39. The molecule has 3 aliphatic rings. The predicted octanol–water partition coefficient (Wildman–Crippen LogP) is 4.81. The van der Waals surface area contributed by atoms with E-state index in [0.717, 1.165) is 56.8 Å². The molecule has 1 atom stereocenters. The molecule has 3 N–H and O–H groups in total. The zero-order valence-electron chi connectivity index (χ0n) is 18.5. The normalized spacial score (nSPS) is 24.4. The Morgan fingerprint density at radius 1 is 1.16 bits per heavy atom. The number of likely N-dealkylation sites (tertiary alicyclic amines) is 1. The van der Waals surface area contributed by atoms with E-state index in [1.54, 1.807) is 0 Å². The maximum Gasteiger partial charge on any atom is 0.347 e. The average Bonchev–Trinajstić information content (AvgIpc) is 3.60. The van der Waals surface area contributed by atoms with E-state index in [-0.39, 0.29) is 11.3 Å². The smallest absolute Gasteiger partial charge is 0.347 e. The Balaban J connectivity index is 1.26. The molecule has 6 nitrogen and oxygen atoms in total. The first-order chi connectivity index (χ1) is 15.1. The van der Waals surface area contributed by atoms with E-state index in [1.165, 1.54) is 38.5 Å². The molecule has 2 aliphatic carbocycles. The maximum atomic E-state index is 12.4. The molecule has 1 aliphatic heterocycles. The van der Waals surface area contributed by atoms with Crippen molar-refractivity contribution in [3.8, 4) is 6.07 Å². The van der Waals surface area contributed by atoms with Gasteiger partial charge in [-0.05, 0) is 68.8 Å². The summed E-state index contributed by atoms with van der Waals surface area (Å²) in [6.45, 7) is 3.16. The van der Waals surface area contributed by atoms with E-state index < -0.39 is 6.03 Å². The van der Waals surface area contributed by atoms with Gasteiger partial charge in [-0.3, -0.25) is 0 Å². The molecule has 0 radical (unpaired) electrons. The van der Waals surface area contributed by atoms with Crippen molar-refractivity contribution in [3.63, 3.8) is 0 Å². The number of benzene rings is 1. The second-order valence-electron chi connectivity index (χ2n) is 9.67. The van der Waals surface area contributed by atoms with Gasteiger partial charge in [0.1, 0.15) is 5.84 Å². The van der Waals surface area contributed by atoms with E-state index >= 15 is 0 Å². The van der Waals surface area contributed by atoms with Crippen molar-refractivity contribution in [1.29, 1.82) is 5.26 Å². The molecule has 2 saturated carbocycles. The lowest BCUT2D eigenvalue weighted by atomic mass is 9.86. The monoisotopic (exact) mass is 421 g/mol. The Labute approximate surface area is 185 Å². The lowest BCUT2D eigenvalue weighted by Gasteiger charge is -2.33. The summed E-state index contributed by atoms with van der Waals surface area (Å²) < 4.78 is 0. The molecule has 31 heavy (non-hydrogen) atoms. The van der Waals surface area contributed by atoms with Crippen LogP contribution in [0.15, 0.2) is 29.3 Å². The molecule has 2 amide bonds. The number of nitrogens with one attached hydrogen (secondary N) is 1. The van der Waals surface area contributed by atoms with Crippen LogP contribution in [0.2, 0.25) is 0 Å². The minimum atomic E-state index is -0.425. The van der Waals surface area contributed by atoms with E-state index in [2.05, 4.69) is 21.3 Å². The van der Waals surface area contributed by atoms with Crippen molar-refractivity contribution in [2.75, 3.05) is 25.0 Å². The van der Waals surface area contributed by atoms with E-state index in [1.807, 2.05) is 24.3 Å². The van der Waals surface area contributed by atoms with Gasteiger partial charge in [0, 0.05) is 18.2 Å². The number of carbonyl (C=O) groups is 1. The molecule has 1 aromatic carbocycles. The zero-order valence-corrected chi connectivity index (χ0v) is 18.5. The van der Waals surface area contributed by atoms with Gasteiger partial charge in [0.2, 0.25) is 0 Å². The van der Waals surface area contributed by atoms with Crippen molar-refractivity contribution in [1.82, 2.24) is 4.90 Å². The molecule has 0 bridgehead atoms. The zero-order chi connectivity index (χ0) is 21.7. The van der Waals surface area contributed by atoms with E-state index in [0.29, 0.717) is 11.5 Å². The molecule has 0 aromatic heterocycles. The van der Waals surface area contributed by atoms with Crippen molar-refractivity contribution in [2.24, 2.45) is 22.6 Å². The fourth-order valence-corrected chi connectivity index (χ4v) is 5.16. The molecule has 166 valence electrons. The highest BCUT2D eigenvalue weighted by molar-refractivity contribution is 6.00. The van der Waals surface area contributed by atoms with Gasteiger partial charge in [-0.15, -0.1) is 0 Å². The number of rotatable bonds is 6. The standard InChI is InChI=1S/C25H35N5O/c26-18-25(13-14-25)21-8-10-22(11-9-21)28-24(31)29-23(27)20-7-4-15-30(17-20)16-12-19-5-2-1-3-6-19/h8-11,19-20H,1-7,12-17H2,(H3,27,28,29,31). The molecule has 4 rings (SSSR count). The van der Waals surface area contributed by atoms with Crippen LogP contribution >= 0.6 is 0 Å². The fraction of sp³-hybridized carbons (Fsp3) is 0.640. The Morgan fingerprint density at radius 2 is 1.90 bits per heavy atom. The summed E-state index contributed by atoms with van der Waals surface area (Å²) in [5.74, 6) is 1.48. The lowest BCUT2D eigenvalue weighted by molar-refractivity contribution is 0.182. The summed E-state index contributed by atoms with van der Waals surface area (Å²) in [4.78, 5) is 19.0. The minimum absolute atomic E-state index is 0.151. The first-order valence-electron chi connectivity index (χ1n) is 12.0. The molecule has 1 heterocycles. The van der Waals surface area contributed by atoms with Crippen LogP contribution in [-0.4, -0.2) is 36.4 Å². The van der Waals surface area contributed by atoms with Crippen LogP contribution in [0, 0.1) is 23.2 Å². The van der Waals surface area contributed by atoms with Gasteiger partial charge >= 0.3 is 6.03 Å². The fourth-order valence-electron chi connectivity index (χ4n) is 5.16. The van der Waals surface area contributed by atoms with E-state index in [9.17, 15) is 10.1 Å². The van der Waals surface area contributed by atoms with Crippen LogP contribution in [-0.2, 0) is 5.41 Å². The number of nitriles is 1. The summed E-state index contributed by atoms with van der Waals surface area (Å²) >= 11 is 0. The first-order valence-corrected chi connectivity index (χ1v) is 12.0. The van der Waals surface area contributed by atoms with Gasteiger partial charge in [-0.1, -0.05) is 44.2 Å². The topological polar surface area (TPSA) is 94.5 Å². The Morgan fingerprint density at radius 3 is 2.58 bits per heavy atom. The van der Waals surface area contributed by atoms with Crippen LogP contribution in [0.1, 0.15) is 69.8 Å². The third kappa shape index (κ3) is 5.65. The van der Waals surface area contributed by atoms with Crippen LogP contribution in [0.25, 0.3) is 0 Å². The second kappa shape index (κ2) is 9.82. The van der Waals surface area contributed by atoms with Gasteiger partial charge in [0.05, 0.1) is 11.5 Å². The van der Waals surface area contributed by atoms with Gasteiger partial charge in [0.25, 0.3) is 0 Å². The second-order valence-corrected chi connectivity index (χ2v) is 9.67. The number of hydrogen-bond acceptors (Lipinski definition) is 3. The quantitative estimate of drug-likeness (QED) is 0.509. The van der Waals surface area contributed by atoms with Crippen molar-refractivity contribution in [2.45, 2.75) is 69.6 Å². The van der Waals surface area contributed by atoms with Gasteiger partial charge in [-0.25, -0.2) is 4.79 Å². The number of nitrogens with two attached hydrogens (primary N) is 1. The summed E-state index contributed by atoms with van der Waals surface area (Å²) in [5.41, 5.74) is 7.63. The number of anilines is 1. The Hall–Kier alpha value is -2.39. The van der Waals surface area contributed by atoms with Gasteiger partial charge in [0.15, 0.2) is 0 Å². The van der Waals surface area contributed by atoms with Crippen molar-refractivity contribution in [3.05, 3.63) is 29.8 Å². The minimum Gasteiger partial charge on any atom is -0.387 e. The number of amidine groups is 1. The summed E-state index contributed by atoms with van der Waals surface area (Å²) in [6, 6.07) is 9.48. The number of nitrogens with zero attached hydrogens (tertiary/aromatic N) is 3. The molecular weight excluding hydrogens is 386 g/mol. The van der Waals surface area contributed by atoms with Crippen molar-refractivity contribution < 1.29 is 4.79 Å². The maximum absolute atomic E-state index is 12.4. The molecule has 1 aromatic rings. The molecule has 0 spiro atoms. The number of urea groups is 1. The number of aliphatic imine (C=N–C) groups is 1. The van der Waals surface area contributed by atoms with Crippen LogP contribution in [0.4, 0.5) is 10.5 Å². The first kappa shape index (κ1) is 21.8. The predicted molar refractivity (Wildman–Crippen MR) is 124 cm³/mol. The molecule has 1 saturated heterocycles. The largest absolute Gasteiger partial charge is 0.387 e. The number of amides is 2. The highest BCUT2D eigenvalue weighted by atomic mass is 16.2. The summed E-state index contributed by atoms with van der Waals surface area (Å²) in [6.07, 6.45) is 12.2. The SMILES string of the molecule is N#CC1(c2ccc(NC(=O)/N=C(\N)C3CCCN(CCC4CCCCC4)C3)cc2)CC1.